The Morgan fingerprint density at radius 1 is 0.955 bits per heavy atom. The molecule has 1 aromatic rings. The Kier molecular flexibility index (Phi) is 5.05. The first-order valence-electron chi connectivity index (χ1n) is 7.06. The van der Waals surface area contributed by atoms with Gasteiger partial charge in [-0.2, -0.15) is 13.2 Å². The van der Waals surface area contributed by atoms with Gasteiger partial charge in [-0.05, 0) is 12.0 Å². The maximum Gasteiger partial charge on any atom is 0.471 e. The summed E-state index contributed by atoms with van der Waals surface area (Å²) in [7, 11) is 0. The first-order valence-corrected chi connectivity index (χ1v) is 7.06. The minimum Gasteiger partial charge on any atom is -0.341 e. The quantitative estimate of drug-likeness (QED) is 0.836. The summed E-state index contributed by atoms with van der Waals surface area (Å²) in [6.07, 6.45) is -4.29. The van der Waals surface area contributed by atoms with Crippen LogP contribution >= 0.6 is 0 Å². The van der Waals surface area contributed by atoms with Crippen molar-refractivity contribution >= 4 is 11.8 Å². The van der Waals surface area contributed by atoms with Crippen molar-refractivity contribution in [1.82, 2.24) is 9.80 Å². The molecule has 0 unspecified atom stereocenters. The summed E-state index contributed by atoms with van der Waals surface area (Å²) >= 11 is 0. The summed E-state index contributed by atoms with van der Waals surface area (Å²) in [5.41, 5.74) is 0.861. The van der Waals surface area contributed by atoms with E-state index in [0.29, 0.717) is 13.0 Å². The predicted molar refractivity (Wildman–Crippen MR) is 74.0 cm³/mol. The van der Waals surface area contributed by atoms with Gasteiger partial charge in [-0.25, -0.2) is 0 Å². The average molecular weight is 314 g/mol. The van der Waals surface area contributed by atoms with Crippen LogP contribution < -0.4 is 0 Å². The van der Waals surface area contributed by atoms with Crippen LogP contribution in [0.15, 0.2) is 30.3 Å². The van der Waals surface area contributed by atoms with E-state index in [1.54, 1.807) is 0 Å². The highest BCUT2D eigenvalue weighted by Crippen LogP contribution is 2.19. The molecule has 0 aliphatic carbocycles. The monoisotopic (exact) mass is 314 g/mol. The zero-order valence-corrected chi connectivity index (χ0v) is 12.0. The second-order valence-electron chi connectivity index (χ2n) is 5.19. The smallest absolute Gasteiger partial charge is 0.341 e. The number of halogens is 3. The zero-order valence-electron chi connectivity index (χ0n) is 12.0. The van der Waals surface area contributed by atoms with Crippen LogP contribution in [0.25, 0.3) is 0 Å². The fraction of sp³-hybridized carbons (Fsp3) is 0.467. The lowest BCUT2D eigenvalue weighted by molar-refractivity contribution is -0.185. The van der Waals surface area contributed by atoms with E-state index in [4.69, 9.17) is 0 Å². The van der Waals surface area contributed by atoms with Gasteiger partial charge in [0.25, 0.3) is 0 Å². The second kappa shape index (κ2) is 6.81. The number of carbonyl (C=O) groups is 2. The molecule has 4 nitrogen and oxygen atoms in total. The topological polar surface area (TPSA) is 40.6 Å². The number of carbonyl (C=O) groups excluding carboxylic acids is 2. The van der Waals surface area contributed by atoms with E-state index >= 15 is 0 Å². The lowest BCUT2D eigenvalue weighted by Gasteiger charge is -2.23. The largest absolute Gasteiger partial charge is 0.471 e. The van der Waals surface area contributed by atoms with Crippen LogP contribution in [0.5, 0.6) is 0 Å². The van der Waals surface area contributed by atoms with Gasteiger partial charge < -0.3 is 9.80 Å². The molecular formula is C15H17F3N2O2. The number of benzene rings is 1. The summed E-state index contributed by atoms with van der Waals surface area (Å²) in [6.45, 7) is 0.438. The number of hydrogen-bond acceptors (Lipinski definition) is 2. The highest BCUT2D eigenvalue weighted by atomic mass is 19.4. The first-order chi connectivity index (χ1) is 10.4. The molecule has 22 heavy (non-hydrogen) atoms. The van der Waals surface area contributed by atoms with Crippen molar-refractivity contribution in [2.24, 2.45) is 0 Å². The Labute approximate surface area is 126 Å². The standard InChI is InChI=1S/C15H17F3N2O2/c16-15(17,18)14(22)20-8-4-7-19(9-10-20)13(21)11-12-5-2-1-3-6-12/h1-3,5-6H,4,7-11H2. The van der Waals surface area contributed by atoms with E-state index in [0.717, 1.165) is 10.5 Å². The van der Waals surface area contributed by atoms with Gasteiger partial charge in [0.15, 0.2) is 0 Å². The van der Waals surface area contributed by atoms with Crippen LogP contribution in [0.3, 0.4) is 0 Å². The van der Waals surface area contributed by atoms with E-state index in [2.05, 4.69) is 0 Å². The molecule has 0 aromatic heterocycles. The Morgan fingerprint density at radius 3 is 2.18 bits per heavy atom. The van der Waals surface area contributed by atoms with Crippen LogP contribution in [-0.2, 0) is 16.0 Å². The number of amides is 2. The maximum absolute atomic E-state index is 12.4. The molecular weight excluding hydrogens is 297 g/mol. The van der Waals surface area contributed by atoms with Crippen molar-refractivity contribution < 1.29 is 22.8 Å². The van der Waals surface area contributed by atoms with Gasteiger partial charge in [0, 0.05) is 26.2 Å². The number of rotatable bonds is 2. The van der Waals surface area contributed by atoms with E-state index in [-0.39, 0.29) is 32.0 Å². The fourth-order valence-corrected chi connectivity index (χ4v) is 2.43. The van der Waals surface area contributed by atoms with Gasteiger partial charge in [-0.15, -0.1) is 0 Å². The number of hydrogen-bond donors (Lipinski definition) is 0. The SMILES string of the molecule is O=C(Cc1ccccc1)N1CCCN(C(=O)C(F)(F)F)CC1. The van der Waals surface area contributed by atoms with Gasteiger partial charge in [0.2, 0.25) is 5.91 Å². The lowest BCUT2D eigenvalue weighted by atomic mass is 10.1. The number of alkyl halides is 3. The highest BCUT2D eigenvalue weighted by molar-refractivity contribution is 5.82. The molecule has 0 atom stereocenters. The Bertz CT molecular complexity index is 531. The minimum atomic E-state index is -4.86. The Morgan fingerprint density at radius 2 is 1.55 bits per heavy atom. The van der Waals surface area contributed by atoms with Crippen molar-refractivity contribution in [3.63, 3.8) is 0 Å². The van der Waals surface area contributed by atoms with Gasteiger partial charge in [0.05, 0.1) is 6.42 Å². The summed E-state index contributed by atoms with van der Waals surface area (Å²) < 4.78 is 37.3. The summed E-state index contributed by atoms with van der Waals surface area (Å²) in [5.74, 6) is -1.96. The van der Waals surface area contributed by atoms with E-state index < -0.39 is 12.1 Å². The molecule has 2 amide bonds. The molecule has 1 heterocycles. The molecule has 0 bridgehead atoms. The Balaban J connectivity index is 1.93. The third kappa shape index (κ3) is 4.22. The normalized spacial score (nSPS) is 16.3. The van der Waals surface area contributed by atoms with Crippen molar-refractivity contribution in [3.8, 4) is 0 Å². The van der Waals surface area contributed by atoms with Crippen LogP contribution in [0.4, 0.5) is 13.2 Å². The van der Waals surface area contributed by atoms with E-state index in [9.17, 15) is 22.8 Å². The molecule has 1 fully saturated rings. The van der Waals surface area contributed by atoms with Gasteiger partial charge in [0.1, 0.15) is 0 Å². The molecule has 1 aromatic carbocycles. The summed E-state index contributed by atoms with van der Waals surface area (Å²) in [4.78, 5) is 25.7. The zero-order chi connectivity index (χ0) is 16.2. The fourth-order valence-electron chi connectivity index (χ4n) is 2.43. The third-order valence-electron chi connectivity index (χ3n) is 3.58. The highest BCUT2D eigenvalue weighted by Gasteiger charge is 2.42. The molecule has 0 spiro atoms. The van der Waals surface area contributed by atoms with Gasteiger partial charge in [-0.1, -0.05) is 30.3 Å². The molecule has 7 heteroatoms. The van der Waals surface area contributed by atoms with Crippen LogP contribution in [0.2, 0.25) is 0 Å². The summed E-state index contributed by atoms with van der Waals surface area (Å²) in [6, 6.07) is 9.16. The molecule has 1 aliphatic heterocycles. The van der Waals surface area contributed by atoms with Crippen molar-refractivity contribution in [3.05, 3.63) is 35.9 Å². The van der Waals surface area contributed by atoms with Crippen molar-refractivity contribution in [1.29, 1.82) is 0 Å². The third-order valence-corrected chi connectivity index (χ3v) is 3.58. The lowest BCUT2D eigenvalue weighted by Crippen LogP contribution is -2.43. The van der Waals surface area contributed by atoms with Gasteiger partial charge in [-0.3, -0.25) is 9.59 Å². The molecule has 1 saturated heterocycles. The average Bonchev–Trinajstić information content (AvgIpc) is 2.72. The molecule has 1 aliphatic rings. The van der Waals surface area contributed by atoms with E-state index in [1.807, 2.05) is 30.3 Å². The van der Waals surface area contributed by atoms with Crippen LogP contribution in [0.1, 0.15) is 12.0 Å². The first kappa shape index (κ1) is 16.3. The second-order valence-corrected chi connectivity index (χ2v) is 5.19. The number of nitrogens with zero attached hydrogens (tertiary/aromatic N) is 2. The predicted octanol–water partition coefficient (Wildman–Crippen LogP) is 1.85. The molecule has 0 radical (unpaired) electrons. The molecule has 2 rings (SSSR count). The Hall–Kier alpha value is -2.05. The molecule has 0 N–H and O–H groups in total. The minimum absolute atomic E-state index is 0.0213. The maximum atomic E-state index is 12.4. The van der Waals surface area contributed by atoms with Gasteiger partial charge >= 0.3 is 12.1 Å². The molecule has 120 valence electrons. The summed E-state index contributed by atoms with van der Waals surface area (Å²) in [5, 5.41) is 0. The molecule has 0 saturated carbocycles. The van der Waals surface area contributed by atoms with E-state index in [1.165, 1.54) is 4.90 Å². The van der Waals surface area contributed by atoms with Crippen LogP contribution in [-0.4, -0.2) is 54.0 Å². The van der Waals surface area contributed by atoms with Crippen molar-refractivity contribution in [2.45, 2.75) is 19.0 Å². The van der Waals surface area contributed by atoms with Crippen molar-refractivity contribution in [2.75, 3.05) is 26.2 Å². The van der Waals surface area contributed by atoms with Crippen LogP contribution in [0, 0.1) is 0 Å².